The quantitative estimate of drug-likeness (QED) is 0.303. The Morgan fingerprint density at radius 1 is 1.05 bits per heavy atom. The molecule has 10 nitrogen and oxygen atoms in total. The molecule has 0 N–H and O–H groups in total. The summed E-state index contributed by atoms with van der Waals surface area (Å²) in [6.45, 7) is 4.90. The molecular formula is C27H32O10. The van der Waals surface area contributed by atoms with Crippen LogP contribution in [0.15, 0.2) is 23.5 Å². The van der Waals surface area contributed by atoms with Crippen molar-refractivity contribution in [1.29, 1.82) is 0 Å². The first-order valence-electron chi connectivity index (χ1n) is 12.4. The smallest absolute Gasteiger partial charge is 0.309 e. The summed E-state index contributed by atoms with van der Waals surface area (Å²) in [6, 6.07) is 0. The molecule has 3 fully saturated rings. The van der Waals surface area contributed by atoms with Crippen molar-refractivity contribution in [2.45, 2.75) is 65.1 Å². The van der Waals surface area contributed by atoms with Gasteiger partial charge in [-0.15, -0.1) is 0 Å². The van der Waals surface area contributed by atoms with Crippen LogP contribution in [0.1, 0.15) is 52.9 Å². The minimum Gasteiger partial charge on any atom is -0.493 e. The Labute approximate surface area is 214 Å². The molecule has 0 aromatic heterocycles. The van der Waals surface area contributed by atoms with Crippen molar-refractivity contribution in [3.05, 3.63) is 23.5 Å². The molecule has 0 amide bonds. The highest BCUT2D eigenvalue weighted by atomic mass is 16.6. The summed E-state index contributed by atoms with van der Waals surface area (Å²) in [5.74, 6) is -5.00. The maximum absolute atomic E-state index is 13.9. The first kappa shape index (κ1) is 26.8. The number of methoxy groups -OCH3 is 2. The van der Waals surface area contributed by atoms with E-state index in [0.717, 1.165) is 6.08 Å². The molecule has 1 heterocycles. The lowest BCUT2D eigenvalue weighted by Gasteiger charge is -2.61. The van der Waals surface area contributed by atoms with Crippen molar-refractivity contribution in [2.75, 3.05) is 14.2 Å². The van der Waals surface area contributed by atoms with Gasteiger partial charge in [-0.05, 0) is 36.2 Å². The molecule has 0 spiro atoms. The van der Waals surface area contributed by atoms with E-state index < -0.39 is 70.3 Å². The maximum Gasteiger partial charge on any atom is 0.309 e. The summed E-state index contributed by atoms with van der Waals surface area (Å²) >= 11 is 0. The molecule has 7 atom stereocenters. The number of fused-ring (bicyclic) bond motifs is 3. The van der Waals surface area contributed by atoms with Crippen LogP contribution in [0.5, 0.6) is 0 Å². The molecule has 4 aliphatic rings. The Morgan fingerprint density at radius 2 is 1.76 bits per heavy atom. The van der Waals surface area contributed by atoms with Crippen molar-refractivity contribution < 1.29 is 47.7 Å². The Kier molecular flexibility index (Phi) is 6.90. The van der Waals surface area contributed by atoms with E-state index in [1.165, 1.54) is 27.2 Å². The molecule has 4 rings (SSSR count). The number of Topliss-reactive ketones (excluding diaryl/α,β-unsaturated/α-hetero) is 1. The fourth-order valence-electron chi connectivity index (χ4n) is 7.20. The van der Waals surface area contributed by atoms with Crippen LogP contribution >= 0.6 is 0 Å². The third-order valence-corrected chi connectivity index (χ3v) is 8.76. The number of carbonyl (C=O) groups is 6. The average molecular weight is 517 g/mol. The number of cyclic esters (lactones) is 1. The summed E-state index contributed by atoms with van der Waals surface area (Å²) < 4.78 is 21.1. The molecule has 200 valence electrons. The third-order valence-electron chi connectivity index (χ3n) is 8.76. The number of rotatable bonds is 5. The van der Waals surface area contributed by atoms with Gasteiger partial charge in [0.2, 0.25) is 5.78 Å². The highest BCUT2D eigenvalue weighted by Gasteiger charge is 2.67. The minimum absolute atomic E-state index is 0.00243. The first-order chi connectivity index (χ1) is 17.3. The van der Waals surface area contributed by atoms with E-state index in [1.807, 2.05) is 13.8 Å². The van der Waals surface area contributed by atoms with Crippen LogP contribution in [0.2, 0.25) is 0 Å². The summed E-state index contributed by atoms with van der Waals surface area (Å²) in [6.07, 6.45) is 1.47. The van der Waals surface area contributed by atoms with Gasteiger partial charge in [0.05, 0.1) is 26.1 Å². The molecule has 0 unspecified atom stereocenters. The number of hydrogen-bond acceptors (Lipinski definition) is 10. The van der Waals surface area contributed by atoms with E-state index in [0.29, 0.717) is 12.8 Å². The Hall–Kier alpha value is -3.30. The highest BCUT2D eigenvalue weighted by Crippen LogP contribution is 2.64. The van der Waals surface area contributed by atoms with E-state index in [-0.39, 0.29) is 36.4 Å². The molecular weight excluding hydrogens is 484 g/mol. The molecule has 37 heavy (non-hydrogen) atoms. The third kappa shape index (κ3) is 4.40. The predicted octanol–water partition coefficient (Wildman–Crippen LogP) is 2.03. The van der Waals surface area contributed by atoms with Gasteiger partial charge in [-0.3, -0.25) is 28.8 Å². The predicted molar refractivity (Wildman–Crippen MR) is 125 cm³/mol. The van der Waals surface area contributed by atoms with Crippen LogP contribution in [-0.2, 0) is 47.7 Å². The number of ether oxygens (including phenoxy) is 4. The van der Waals surface area contributed by atoms with E-state index in [4.69, 9.17) is 18.9 Å². The standard InChI is InChI=1S/C27H32O10/c1-13(28)36-21-10-17(24(32)35-5)26(2)7-6-16-25(33)37-15(12-27(16,3)23(26)22(21)31)8-14-9-19(30)20(34-4)11-18(14)29/h9,11,15-17,21,23H,6-8,10,12H2,1-5H3/t15-,16+,17+,21+,23+,26+,27+/m1/s1. The van der Waals surface area contributed by atoms with E-state index in [9.17, 15) is 28.8 Å². The van der Waals surface area contributed by atoms with Gasteiger partial charge >= 0.3 is 17.9 Å². The molecule has 2 saturated carbocycles. The minimum atomic E-state index is -1.13. The zero-order valence-electron chi connectivity index (χ0n) is 21.7. The Morgan fingerprint density at radius 3 is 2.38 bits per heavy atom. The van der Waals surface area contributed by atoms with Gasteiger partial charge < -0.3 is 18.9 Å². The summed E-state index contributed by atoms with van der Waals surface area (Å²) in [5, 5.41) is 0. The second-order valence-electron chi connectivity index (χ2n) is 10.9. The molecule has 1 saturated heterocycles. The van der Waals surface area contributed by atoms with Crippen molar-refractivity contribution >= 4 is 35.3 Å². The first-order valence-corrected chi connectivity index (χ1v) is 12.4. The van der Waals surface area contributed by atoms with E-state index in [2.05, 4.69) is 0 Å². The summed E-state index contributed by atoms with van der Waals surface area (Å²) in [5.41, 5.74) is -1.59. The van der Waals surface area contributed by atoms with Crippen molar-refractivity contribution in [3.63, 3.8) is 0 Å². The topological polar surface area (TPSA) is 139 Å². The zero-order valence-corrected chi connectivity index (χ0v) is 21.7. The molecule has 10 heteroatoms. The van der Waals surface area contributed by atoms with Gasteiger partial charge in [0.25, 0.3) is 0 Å². The SMILES string of the molecule is COC(=O)[C@@H]1C[C@H](OC(C)=O)C(=O)[C@H]2[C@@]1(C)CC[C@H]1C(=O)O[C@H](CC3=CC(=O)C(OC)=CC3=O)C[C@]21C. The van der Waals surface area contributed by atoms with Gasteiger partial charge in [0, 0.05) is 37.3 Å². The van der Waals surface area contributed by atoms with Crippen LogP contribution in [-0.4, -0.2) is 61.7 Å². The second kappa shape index (κ2) is 9.54. The molecule has 0 aromatic carbocycles. The number of carbonyl (C=O) groups excluding carboxylic acids is 6. The van der Waals surface area contributed by atoms with Gasteiger partial charge in [-0.25, -0.2) is 0 Å². The monoisotopic (exact) mass is 516 g/mol. The van der Waals surface area contributed by atoms with Crippen LogP contribution in [0.4, 0.5) is 0 Å². The highest BCUT2D eigenvalue weighted by molar-refractivity contribution is 6.19. The lowest BCUT2D eigenvalue weighted by Crippen LogP contribution is -2.65. The molecule has 0 radical (unpaired) electrons. The molecule has 3 aliphatic carbocycles. The van der Waals surface area contributed by atoms with Crippen molar-refractivity contribution in [1.82, 2.24) is 0 Å². The van der Waals surface area contributed by atoms with Gasteiger partial charge in [-0.1, -0.05) is 13.8 Å². The lowest BCUT2D eigenvalue weighted by atomic mass is 9.43. The van der Waals surface area contributed by atoms with Gasteiger partial charge in [0.1, 0.15) is 6.10 Å². The molecule has 0 bridgehead atoms. The Bertz CT molecular complexity index is 1130. The second-order valence-corrected chi connectivity index (χ2v) is 10.9. The van der Waals surface area contributed by atoms with E-state index >= 15 is 0 Å². The summed E-state index contributed by atoms with van der Waals surface area (Å²) in [4.78, 5) is 76.6. The molecule has 0 aromatic rings. The van der Waals surface area contributed by atoms with Crippen LogP contribution in [0, 0.1) is 28.6 Å². The fraction of sp³-hybridized carbons (Fsp3) is 0.630. The summed E-state index contributed by atoms with van der Waals surface area (Å²) in [7, 11) is 2.57. The lowest BCUT2D eigenvalue weighted by molar-refractivity contribution is -0.209. The van der Waals surface area contributed by atoms with Crippen LogP contribution < -0.4 is 0 Å². The zero-order chi connectivity index (χ0) is 27.3. The van der Waals surface area contributed by atoms with Crippen molar-refractivity contribution in [2.24, 2.45) is 28.6 Å². The normalized spacial score (nSPS) is 37.4. The van der Waals surface area contributed by atoms with Crippen molar-refractivity contribution in [3.8, 4) is 0 Å². The van der Waals surface area contributed by atoms with Crippen LogP contribution in [0.3, 0.4) is 0 Å². The van der Waals surface area contributed by atoms with Gasteiger partial charge in [0.15, 0.2) is 23.4 Å². The number of esters is 3. The van der Waals surface area contributed by atoms with E-state index in [1.54, 1.807) is 0 Å². The number of allylic oxidation sites excluding steroid dienone is 2. The fourth-order valence-corrected chi connectivity index (χ4v) is 7.20. The Balaban J connectivity index is 1.70. The number of ketones is 3. The van der Waals surface area contributed by atoms with Gasteiger partial charge in [-0.2, -0.15) is 0 Å². The maximum atomic E-state index is 13.9. The van der Waals surface area contributed by atoms with Crippen LogP contribution in [0.25, 0.3) is 0 Å². The molecule has 1 aliphatic heterocycles. The average Bonchev–Trinajstić information content (AvgIpc) is 2.81. The number of hydrogen-bond donors (Lipinski definition) is 0. The largest absolute Gasteiger partial charge is 0.493 e.